The highest BCUT2D eigenvalue weighted by atomic mass is 35.5. The van der Waals surface area contributed by atoms with Crippen molar-refractivity contribution in [3.63, 3.8) is 0 Å². The molecular weight excluding hydrogens is 345 g/mol. The summed E-state index contributed by atoms with van der Waals surface area (Å²) in [4.78, 5) is 26.0. The van der Waals surface area contributed by atoms with Crippen LogP contribution in [0.2, 0.25) is 10.0 Å². The van der Waals surface area contributed by atoms with Crippen molar-refractivity contribution in [3.8, 4) is 0 Å². The summed E-state index contributed by atoms with van der Waals surface area (Å²) in [6.45, 7) is 2.01. The quantitative estimate of drug-likeness (QED) is 0.795. The Kier molecular flexibility index (Phi) is 3.95. The predicted molar refractivity (Wildman–Crippen MR) is 90.2 cm³/mol. The van der Waals surface area contributed by atoms with E-state index in [2.05, 4.69) is 5.32 Å². The average Bonchev–Trinajstić information content (AvgIpc) is 2.93. The molecule has 2 aliphatic heterocycles. The fraction of sp³-hybridized carbons (Fsp3) is 0.429. The summed E-state index contributed by atoms with van der Waals surface area (Å²) in [7, 11) is 0. The van der Waals surface area contributed by atoms with Crippen LogP contribution in [0, 0.1) is 0 Å². The van der Waals surface area contributed by atoms with Gasteiger partial charge in [0.15, 0.2) is 0 Å². The number of halogens is 2. The maximum Gasteiger partial charge on any atom is 0.248 e. The van der Waals surface area contributed by atoms with Gasteiger partial charge in [-0.3, -0.25) is 9.59 Å². The average molecular weight is 360 g/mol. The second kappa shape index (κ2) is 5.51. The van der Waals surface area contributed by atoms with Gasteiger partial charge >= 0.3 is 0 Å². The number of hydrogen-bond acceptors (Lipinski definition) is 4. The Morgan fingerprint density at radius 3 is 2.73 bits per heavy atom. The molecule has 22 heavy (non-hydrogen) atoms. The number of fused-ring (bicyclic) bond motifs is 1. The first-order chi connectivity index (χ1) is 10.3. The lowest BCUT2D eigenvalue weighted by molar-refractivity contribution is -0.135. The molecule has 3 N–H and O–H groups in total. The standard InChI is InChI=1S/C14H15Cl2N3O2S/c1-14-3-2-11(20)19(14)10(6-22-14)13(21)18-7-4-8(15)12(17)9(16)5-7/h4-5,10H,2-3,6,17H2,1H3,(H,18,21)/t10-,14+/m0/s1. The molecule has 3 rings (SSSR count). The van der Waals surface area contributed by atoms with Gasteiger partial charge in [0.2, 0.25) is 11.8 Å². The van der Waals surface area contributed by atoms with E-state index in [1.165, 1.54) is 0 Å². The number of carbonyl (C=O) groups is 2. The van der Waals surface area contributed by atoms with Crippen molar-refractivity contribution in [3.05, 3.63) is 22.2 Å². The molecule has 1 aromatic rings. The monoisotopic (exact) mass is 359 g/mol. The second-order valence-electron chi connectivity index (χ2n) is 5.61. The van der Waals surface area contributed by atoms with E-state index in [0.29, 0.717) is 17.9 Å². The Labute approximate surface area is 142 Å². The number of anilines is 2. The fourth-order valence-corrected chi connectivity index (χ4v) is 4.82. The van der Waals surface area contributed by atoms with E-state index >= 15 is 0 Å². The zero-order chi connectivity index (χ0) is 16.1. The van der Waals surface area contributed by atoms with Crippen LogP contribution in [0.4, 0.5) is 11.4 Å². The number of thioether (sulfide) groups is 1. The maximum absolute atomic E-state index is 12.5. The summed E-state index contributed by atoms with van der Waals surface area (Å²) >= 11 is 13.6. The van der Waals surface area contributed by atoms with E-state index < -0.39 is 6.04 Å². The Hall–Kier alpha value is -1.11. The number of nitrogens with one attached hydrogen (secondary N) is 1. The van der Waals surface area contributed by atoms with Crippen LogP contribution in [0.5, 0.6) is 0 Å². The Morgan fingerprint density at radius 1 is 1.45 bits per heavy atom. The molecule has 2 fully saturated rings. The lowest BCUT2D eigenvalue weighted by Gasteiger charge is -2.29. The van der Waals surface area contributed by atoms with Crippen LogP contribution in [0.25, 0.3) is 0 Å². The summed E-state index contributed by atoms with van der Waals surface area (Å²) in [5.74, 6) is 0.384. The Bertz CT molecular complexity index is 646. The van der Waals surface area contributed by atoms with Gasteiger partial charge in [-0.15, -0.1) is 11.8 Å². The lowest BCUT2D eigenvalue weighted by Crippen LogP contribution is -2.48. The molecule has 1 aromatic carbocycles. The summed E-state index contributed by atoms with van der Waals surface area (Å²) in [6.07, 6.45) is 1.27. The fourth-order valence-electron chi connectivity index (χ4n) is 2.90. The number of nitrogens with two attached hydrogens (primary N) is 1. The first-order valence-corrected chi connectivity index (χ1v) is 8.57. The van der Waals surface area contributed by atoms with Crippen LogP contribution < -0.4 is 11.1 Å². The largest absolute Gasteiger partial charge is 0.396 e. The Morgan fingerprint density at radius 2 is 2.09 bits per heavy atom. The number of hydrogen-bond donors (Lipinski definition) is 2. The predicted octanol–water partition coefficient (Wildman–Crippen LogP) is 2.97. The van der Waals surface area contributed by atoms with Crippen molar-refractivity contribution in [1.82, 2.24) is 4.90 Å². The molecule has 0 saturated carbocycles. The molecule has 2 heterocycles. The molecule has 0 bridgehead atoms. The molecule has 118 valence electrons. The molecule has 0 unspecified atom stereocenters. The van der Waals surface area contributed by atoms with Crippen LogP contribution in [0.15, 0.2) is 12.1 Å². The van der Waals surface area contributed by atoms with E-state index in [9.17, 15) is 9.59 Å². The van der Waals surface area contributed by atoms with E-state index in [-0.39, 0.29) is 32.4 Å². The van der Waals surface area contributed by atoms with Gasteiger partial charge in [-0.25, -0.2) is 0 Å². The van der Waals surface area contributed by atoms with Crippen LogP contribution in [-0.2, 0) is 9.59 Å². The topological polar surface area (TPSA) is 75.4 Å². The summed E-state index contributed by atoms with van der Waals surface area (Å²) < 4.78 is 0. The smallest absolute Gasteiger partial charge is 0.248 e. The normalized spacial score (nSPS) is 27.1. The molecule has 2 amide bonds. The summed E-state index contributed by atoms with van der Waals surface area (Å²) in [5.41, 5.74) is 6.43. The first kappa shape index (κ1) is 15.8. The number of nitrogens with zero attached hydrogens (tertiary/aromatic N) is 1. The zero-order valence-corrected chi connectivity index (χ0v) is 14.2. The van der Waals surface area contributed by atoms with Gasteiger partial charge in [0, 0.05) is 17.9 Å². The third kappa shape index (κ3) is 2.53. The molecule has 0 spiro atoms. The van der Waals surface area contributed by atoms with Gasteiger partial charge in [0.05, 0.1) is 20.6 Å². The van der Waals surface area contributed by atoms with Crippen molar-refractivity contribution in [2.75, 3.05) is 16.8 Å². The van der Waals surface area contributed by atoms with Crippen LogP contribution >= 0.6 is 35.0 Å². The van der Waals surface area contributed by atoms with Crippen molar-refractivity contribution in [2.24, 2.45) is 0 Å². The number of amides is 2. The number of rotatable bonds is 2. The highest BCUT2D eigenvalue weighted by Gasteiger charge is 2.52. The molecule has 8 heteroatoms. The summed E-state index contributed by atoms with van der Waals surface area (Å²) in [5, 5.41) is 3.34. The summed E-state index contributed by atoms with van der Waals surface area (Å²) in [6, 6.07) is 2.63. The number of benzene rings is 1. The lowest BCUT2D eigenvalue weighted by atomic mass is 10.2. The van der Waals surface area contributed by atoms with Crippen LogP contribution in [0.3, 0.4) is 0 Å². The Balaban J connectivity index is 1.79. The van der Waals surface area contributed by atoms with Gasteiger partial charge in [-0.2, -0.15) is 0 Å². The molecule has 2 aliphatic rings. The van der Waals surface area contributed by atoms with Crippen LogP contribution in [-0.4, -0.2) is 33.4 Å². The molecule has 0 aliphatic carbocycles. The molecule has 5 nitrogen and oxygen atoms in total. The minimum atomic E-state index is -0.472. The van der Waals surface area contributed by atoms with Crippen molar-refractivity contribution in [1.29, 1.82) is 0 Å². The van der Waals surface area contributed by atoms with E-state index in [4.69, 9.17) is 28.9 Å². The molecule has 0 aromatic heterocycles. The molecule has 2 atom stereocenters. The molecule has 2 saturated heterocycles. The van der Waals surface area contributed by atoms with E-state index in [1.807, 2.05) is 6.92 Å². The van der Waals surface area contributed by atoms with Gasteiger partial charge in [-0.1, -0.05) is 23.2 Å². The van der Waals surface area contributed by atoms with Crippen molar-refractivity contribution in [2.45, 2.75) is 30.7 Å². The molecular formula is C14H15Cl2N3O2S. The van der Waals surface area contributed by atoms with Gasteiger partial charge in [0.25, 0.3) is 0 Å². The molecule has 0 radical (unpaired) electrons. The van der Waals surface area contributed by atoms with Crippen molar-refractivity contribution >= 4 is 58.2 Å². The van der Waals surface area contributed by atoms with Crippen LogP contribution in [0.1, 0.15) is 19.8 Å². The van der Waals surface area contributed by atoms with Crippen molar-refractivity contribution < 1.29 is 9.59 Å². The van der Waals surface area contributed by atoms with Gasteiger partial charge in [-0.05, 0) is 25.5 Å². The minimum absolute atomic E-state index is 0.0287. The zero-order valence-electron chi connectivity index (χ0n) is 11.9. The minimum Gasteiger partial charge on any atom is -0.396 e. The third-order valence-electron chi connectivity index (χ3n) is 4.09. The van der Waals surface area contributed by atoms with E-state index in [0.717, 1.165) is 6.42 Å². The third-order valence-corrected chi connectivity index (χ3v) is 6.22. The highest BCUT2D eigenvalue weighted by Crippen LogP contribution is 2.47. The first-order valence-electron chi connectivity index (χ1n) is 6.83. The van der Waals surface area contributed by atoms with Gasteiger partial charge in [0.1, 0.15) is 6.04 Å². The number of carbonyl (C=O) groups excluding carboxylic acids is 2. The number of nitrogen functional groups attached to an aromatic ring is 1. The maximum atomic E-state index is 12.5. The highest BCUT2D eigenvalue weighted by molar-refractivity contribution is 8.01. The van der Waals surface area contributed by atoms with E-state index in [1.54, 1.807) is 28.8 Å². The second-order valence-corrected chi connectivity index (χ2v) is 7.92. The SMILES string of the molecule is C[C@@]12CCC(=O)N1[C@H](C(=O)Nc1cc(Cl)c(N)c(Cl)c1)CS2. The van der Waals surface area contributed by atoms with Gasteiger partial charge < -0.3 is 16.0 Å².